The number of piperazine rings is 1. The van der Waals surface area contributed by atoms with E-state index in [1.165, 1.54) is 5.56 Å². The third kappa shape index (κ3) is 3.01. The number of rotatable bonds is 1. The molecule has 21 heavy (non-hydrogen) atoms. The SMILES string of the molecule is CC(C)(C)N1CCN(C2CCc3ccccc3C2O)CC1. The lowest BCUT2D eigenvalue weighted by molar-refractivity contribution is -0.0104. The summed E-state index contributed by atoms with van der Waals surface area (Å²) >= 11 is 0. The Kier molecular flexibility index (Phi) is 4.08. The maximum Gasteiger partial charge on any atom is 0.0947 e. The summed E-state index contributed by atoms with van der Waals surface area (Å²) in [5, 5.41) is 10.7. The largest absolute Gasteiger partial charge is 0.387 e. The van der Waals surface area contributed by atoms with Gasteiger partial charge in [0, 0.05) is 37.8 Å². The molecule has 2 atom stereocenters. The molecular weight excluding hydrogens is 260 g/mol. The van der Waals surface area contributed by atoms with Crippen LogP contribution in [0.5, 0.6) is 0 Å². The molecule has 3 heteroatoms. The van der Waals surface area contributed by atoms with Gasteiger partial charge in [0.2, 0.25) is 0 Å². The number of hydrogen-bond acceptors (Lipinski definition) is 3. The molecule has 0 bridgehead atoms. The van der Waals surface area contributed by atoms with Crippen LogP contribution in [0.3, 0.4) is 0 Å². The molecule has 1 aliphatic carbocycles. The smallest absolute Gasteiger partial charge is 0.0947 e. The van der Waals surface area contributed by atoms with Crippen LogP contribution in [0.15, 0.2) is 24.3 Å². The van der Waals surface area contributed by atoms with Crippen molar-refractivity contribution in [3.8, 4) is 0 Å². The van der Waals surface area contributed by atoms with Crippen molar-refractivity contribution in [2.75, 3.05) is 26.2 Å². The van der Waals surface area contributed by atoms with E-state index in [-0.39, 0.29) is 11.6 Å². The maximum atomic E-state index is 10.7. The molecule has 116 valence electrons. The molecule has 0 amide bonds. The van der Waals surface area contributed by atoms with Crippen LogP contribution >= 0.6 is 0 Å². The molecular formula is C18H28N2O. The van der Waals surface area contributed by atoms with Gasteiger partial charge in [-0.15, -0.1) is 0 Å². The first-order valence-electron chi connectivity index (χ1n) is 8.22. The Labute approximate surface area is 128 Å². The summed E-state index contributed by atoms with van der Waals surface area (Å²) in [5.74, 6) is 0. The molecule has 3 rings (SSSR count). The number of aliphatic hydroxyl groups is 1. The van der Waals surface area contributed by atoms with Crippen LogP contribution in [0.2, 0.25) is 0 Å². The third-order valence-electron chi connectivity index (χ3n) is 5.18. The van der Waals surface area contributed by atoms with Gasteiger partial charge in [0.25, 0.3) is 0 Å². The lowest BCUT2D eigenvalue weighted by atomic mass is 9.85. The average Bonchev–Trinajstić information content (AvgIpc) is 2.47. The van der Waals surface area contributed by atoms with Crippen molar-refractivity contribution in [2.45, 2.75) is 51.3 Å². The summed E-state index contributed by atoms with van der Waals surface area (Å²) in [7, 11) is 0. The van der Waals surface area contributed by atoms with E-state index < -0.39 is 0 Å². The molecule has 2 aliphatic rings. The van der Waals surface area contributed by atoms with Gasteiger partial charge in [-0.25, -0.2) is 0 Å². The van der Waals surface area contributed by atoms with Crippen LogP contribution in [0.4, 0.5) is 0 Å². The molecule has 1 aromatic carbocycles. The quantitative estimate of drug-likeness (QED) is 0.860. The second-order valence-corrected chi connectivity index (χ2v) is 7.44. The monoisotopic (exact) mass is 288 g/mol. The standard InChI is InChI=1S/C18H28N2O/c1-18(2,3)20-12-10-19(11-13-20)16-9-8-14-6-4-5-7-15(14)17(16)21/h4-7,16-17,21H,8-13H2,1-3H3. The van der Waals surface area contributed by atoms with Crippen molar-refractivity contribution in [3.05, 3.63) is 35.4 Å². The highest BCUT2D eigenvalue weighted by Gasteiger charge is 2.35. The lowest BCUT2D eigenvalue weighted by Gasteiger charge is -2.46. The minimum atomic E-state index is -0.323. The van der Waals surface area contributed by atoms with Gasteiger partial charge in [-0.2, -0.15) is 0 Å². The van der Waals surface area contributed by atoms with E-state index in [4.69, 9.17) is 0 Å². The van der Waals surface area contributed by atoms with Gasteiger partial charge in [0.15, 0.2) is 0 Å². The molecule has 0 radical (unpaired) electrons. The molecule has 1 aromatic rings. The highest BCUT2D eigenvalue weighted by atomic mass is 16.3. The fourth-order valence-electron chi connectivity index (χ4n) is 3.83. The van der Waals surface area contributed by atoms with Gasteiger partial charge in [-0.1, -0.05) is 24.3 Å². The van der Waals surface area contributed by atoms with Crippen molar-refractivity contribution in [1.29, 1.82) is 0 Å². The first-order valence-corrected chi connectivity index (χ1v) is 8.22. The van der Waals surface area contributed by atoms with Crippen LogP contribution in [-0.4, -0.2) is 52.7 Å². The van der Waals surface area contributed by atoms with E-state index in [9.17, 15) is 5.11 Å². The minimum Gasteiger partial charge on any atom is -0.387 e. The Hall–Kier alpha value is -0.900. The Morgan fingerprint density at radius 3 is 2.38 bits per heavy atom. The molecule has 2 unspecified atom stereocenters. The summed E-state index contributed by atoms with van der Waals surface area (Å²) in [5.41, 5.74) is 2.73. The number of aliphatic hydroxyl groups excluding tert-OH is 1. The Balaban J connectivity index is 1.67. The van der Waals surface area contributed by atoms with E-state index in [0.29, 0.717) is 6.04 Å². The molecule has 1 aliphatic heterocycles. The van der Waals surface area contributed by atoms with E-state index in [2.05, 4.69) is 48.8 Å². The third-order valence-corrected chi connectivity index (χ3v) is 5.18. The predicted octanol–water partition coefficient (Wildman–Crippen LogP) is 2.45. The predicted molar refractivity (Wildman–Crippen MR) is 86.4 cm³/mol. The van der Waals surface area contributed by atoms with Crippen LogP contribution in [-0.2, 0) is 6.42 Å². The minimum absolute atomic E-state index is 0.254. The molecule has 0 spiro atoms. The van der Waals surface area contributed by atoms with Gasteiger partial charge in [0.05, 0.1) is 6.10 Å². The number of hydrogen-bond donors (Lipinski definition) is 1. The first kappa shape index (κ1) is 15.0. The topological polar surface area (TPSA) is 26.7 Å². The molecule has 3 nitrogen and oxygen atoms in total. The van der Waals surface area contributed by atoms with Crippen molar-refractivity contribution < 1.29 is 5.11 Å². The normalized spacial score (nSPS) is 28.4. The van der Waals surface area contributed by atoms with Crippen molar-refractivity contribution in [3.63, 3.8) is 0 Å². The van der Waals surface area contributed by atoms with Crippen LogP contribution in [0.25, 0.3) is 0 Å². The number of aryl methyl sites for hydroxylation is 1. The second kappa shape index (κ2) is 5.71. The van der Waals surface area contributed by atoms with Crippen LogP contribution < -0.4 is 0 Å². The molecule has 1 saturated heterocycles. The van der Waals surface area contributed by atoms with Gasteiger partial charge >= 0.3 is 0 Å². The van der Waals surface area contributed by atoms with Crippen LogP contribution in [0.1, 0.15) is 44.4 Å². The average molecular weight is 288 g/mol. The van der Waals surface area contributed by atoms with Crippen molar-refractivity contribution in [1.82, 2.24) is 9.80 Å². The van der Waals surface area contributed by atoms with E-state index in [0.717, 1.165) is 44.6 Å². The highest BCUT2D eigenvalue weighted by molar-refractivity contribution is 5.32. The second-order valence-electron chi connectivity index (χ2n) is 7.44. The van der Waals surface area contributed by atoms with E-state index >= 15 is 0 Å². The summed E-state index contributed by atoms with van der Waals surface area (Å²) < 4.78 is 0. The summed E-state index contributed by atoms with van der Waals surface area (Å²) in [6, 6.07) is 8.67. The molecule has 1 fully saturated rings. The molecule has 0 saturated carbocycles. The fraction of sp³-hybridized carbons (Fsp3) is 0.667. The summed E-state index contributed by atoms with van der Waals surface area (Å²) in [6.45, 7) is 11.2. The summed E-state index contributed by atoms with van der Waals surface area (Å²) in [6.07, 6.45) is 1.85. The summed E-state index contributed by atoms with van der Waals surface area (Å²) in [4.78, 5) is 5.05. The van der Waals surface area contributed by atoms with Crippen molar-refractivity contribution in [2.24, 2.45) is 0 Å². The number of fused-ring (bicyclic) bond motifs is 1. The zero-order valence-electron chi connectivity index (χ0n) is 13.5. The Morgan fingerprint density at radius 1 is 1.05 bits per heavy atom. The Morgan fingerprint density at radius 2 is 1.71 bits per heavy atom. The van der Waals surface area contributed by atoms with Crippen LogP contribution in [0, 0.1) is 0 Å². The van der Waals surface area contributed by atoms with E-state index in [1.807, 2.05) is 6.07 Å². The number of benzene rings is 1. The zero-order chi connectivity index (χ0) is 15.0. The molecule has 1 heterocycles. The van der Waals surface area contributed by atoms with Gasteiger partial charge in [-0.3, -0.25) is 9.80 Å². The van der Waals surface area contributed by atoms with Gasteiger partial charge < -0.3 is 5.11 Å². The fourth-order valence-corrected chi connectivity index (χ4v) is 3.83. The zero-order valence-corrected chi connectivity index (χ0v) is 13.5. The lowest BCUT2D eigenvalue weighted by Crippen LogP contribution is -2.57. The highest BCUT2D eigenvalue weighted by Crippen LogP contribution is 2.33. The Bertz CT molecular complexity index is 486. The van der Waals surface area contributed by atoms with Gasteiger partial charge in [0.1, 0.15) is 0 Å². The van der Waals surface area contributed by atoms with Gasteiger partial charge in [-0.05, 0) is 44.7 Å². The molecule has 0 aromatic heterocycles. The van der Waals surface area contributed by atoms with Crippen molar-refractivity contribution >= 4 is 0 Å². The van der Waals surface area contributed by atoms with E-state index in [1.54, 1.807) is 0 Å². The maximum absolute atomic E-state index is 10.7. The molecule has 1 N–H and O–H groups in total. The number of nitrogens with zero attached hydrogens (tertiary/aromatic N) is 2. The first-order chi connectivity index (χ1) is 9.97.